The van der Waals surface area contributed by atoms with E-state index in [0.29, 0.717) is 23.9 Å². The number of benzene rings is 1. The Kier molecular flexibility index (Phi) is 4.40. The molecule has 7 heteroatoms. The number of hydrogen-bond acceptors (Lipinski definition) is 5. The molecule has 138 valence electrons. The lowest BCUT2D eigenvalue weighted by atomic mass is 9.81. The predicted molar refractivity (Wildman–Crippen MR) is 98.7 cm³/mol. The van der Waals surface area contributed by atoms with Gasteiger partial charge in [0, 0.05) is 25.0 Å². The lowest BCUT2D eigenvalue weighted by molar-refractivity contribution is 0.0564. The van der Waals surface area contributed by atoms with Crippen LogP contribution >= 0.6 is 0 Å². The molecule has 2 amide bonds. The first-order chi connectivity index (χ1) is 12.5. The Hall–Kier alpha value is -2.41. The molecule has 2 unspecified atom stereocenters. The van der Waals surface area contributed by atoms with Crippen LogP contribution in [0.15, 0.2) is 28.7 Å². The maximum absolute atomic E-state index is 12.5. The van der Waals surface area contributed by atoms with Gasteiger partial charge in [-0.2, -0.15) is 0 Å². The van der Waals surface area contributed by atoms with E-state index in [0.717, 1.165) is 24.1 Å². The Labute approximate surface area is 153 Å². The fourth-order valence-corrected chi connectivity index (χ4v) is 4.56. The number of primary amides is 1. The summed E-state index contributed by atoms with van der Waals surface area (Å²) >= 11 is 0. The fraction of sp³-hybridized carbons (Fsp3) is 0.526. The summed E-state index contributed by atoms with van der Waals surface area (Å²) in [6.45, 7) is 1.75. The van der Waals surface area contributed by atoms with Crippen molar-refractivity contribution in [3.63, 3.8) is 0 Å². The van der Waals surface area contributed by atoms with Crippen LogP contribution in [0.5, 0.6) is 0 Å². The van der Waals surface area contributed by atoms with E-state index in [4.69, 9.17) is 10.2 Å². The molecule has 7 nitrogen and oxygen atoms in total. The van der Waals surface area contributed by atoms with E-state index in [1.54, 1.807) is 11.8 Å². The molecule has 2 aliphatic heterocycles. The smallest absolute Gasteiger partial charge is 0.319 e. The van der Waals surface area contributed by atoms with Gasteiger partial charge in [0.15, 0.2) is 0 Å². The highest BCUT2D eigenvalue weighted by Crippen LogP contribution is 2.38. The van der Waals surface area contributed by atoms with E-state index in [-0.39, 0.29) is 6.04 Å². The van der Waals surface area contributed by atoms with Gasteiger partial charge in [-0.1, -0.05) is 18.6 Å². The molecule has 2 fully saturated rings. The molecule has 0 saturated carbocycles. The summed E-state index contributed by atoms with van der Waals surface area (Å²) in [7, 11) is 2.20. The molecule has 1 aromatic heterocycles. The number of urea groups is 1. The second-order valence-electron chi connectivity index (χ2n) is 7.38. The van der Waals surface area contributed by atoms with E-state index < -0.39 is 6.03 Å². The number of aryl methyl sites for hydroxylation is 1. The third-order valence-corrected chi connectivity index (χ3v) is 5.84. The highest BCUT2D eigenvalue weighted by molar-refractivity contribution is 5.95. The van der Waals surface area contributed by atoms with Crippen LogP contribution in [-0.2, 0) is 0 Å². The first kappa shape index (κ1) is 17.0. The molecule has 4 rings (SSSR count). The van der Waals surface area contributed by atoms with Gasteiger partial charge in [-0.15, -0.1) is 10.2 Å². The molecule has 0 spiro atoms. The van der Waals surface area contributed by atoms with E-state index in [9.17, 15) is 4.79 Å². The summed E-state index contributed by atoms with van der Waals surface area (Å²) in [6.07, 6.45) is 5.50. The van der Waals surface area contributed by atoms with Crippen LogP contribution in [0.4, 0.5) is 10.5 Å². The third-order valence-electron chi connectivity index (χ3n) is 5.84. The summed E-state index contributed by atoms with van der Waals surface area (Å²) in [5, 5.41) is 8.05. The minimum Gasteiger partial charge on any atom is -0.421 e. The monoisotopic (exact) mass is 355 g/mol. The summed E-state index contributed by atoms with van der Waals surface area (Å²) in [5.41, 5.74) is 7.34. The SMILES string of the molecule is Cc1nnc(-c2ccccc2N(C(N)=O)C2CC3CCCC(C2)N3C)o1. The van der Waals surface area contributed by atoms with Crippen LogP contribution in [0, 0.1) is 6.92 Å². The minimum atomic E-state index is -0.429. The summed E-state index contributed by atoms with van der Waals surface area (Å²) in [5.74, 6) is 0.909. The normalized spacial score (nSPS) is 25.8. The van der Waals surface area contributed by atoms with E-state index in [1.165, 1.54) is 19.3 Å². The molecular formula is C19H25N5O2. The Morgan fingerprint density at radius 1 is 1.23 bits per heavy atom. The first-order valence-electron chi connectivity index (χ1n) is 9.24. The Balaban J connectivity index is 1.71. The molecule has 3 heterocycles. The van der Waals surface area contributed by atoms with Gasteiger partial charge in [-0.25, -0.2) is 4.79 Å². The summed E-state index contributed by atoms with van der Waals surface area (Å²) < 4.78 is 5.61. The van der Waals surface area contributed by atoms with Gasteiger partial charge in [0.05, 0.1) is 11.3 Å². The Morgan fingerprint density at radius 3 is 2.54 bits per heavy atom. The van der Waals surface area contributed by atoms with Crippen LogP contribution < -0.4 is 10.6 Å². The van der Waals surface area contributed by atoms with Gasteiger partial charge in [0.1, 0.15) is 0 Å². The maximum Gasteiger partial charge on any atom is 0.319 e. The van der Waals surface area contributed by atoms with Gasteiger partial charge in [0.2, 0.25) is 11.8 Å². The van der Waals surface area contributed by atoms with Crippen molar-refractivity contribution in [1.29, 1.82) is 0 Å². The average Bonchev–Trinajstić information content (AvgIpc) is 3.02. The van der Waals surface area contributed by atoms with Gasteiger partial charge in [-0.05, 0) is 44.9 Å². The number of piperidine rings is 2. The van der Waals surface area contributed by atoms with Crippen LogP contribution in [0.3, 0.4) is 0 Å². The van der Waals surface area contributed by atoms with Crippen molar-refractivity contribution in [3.05, 3.63) is 30.2 Å². The van der Waals surface area contributed by atoms with Gasteiger partial charge in [-0.3, -0.25) is 4.90 Å². The van der Waals surface area contributed by atoms with E-state index >= 15 is 0 Å². The van der Waals surface area contributed by atoms with Crippen LogP contribution in [0.2, 0.25) is 0 Å². The molecule has 2 saturated heterocycles. The van der Waals surface area contributed by atoms with Crippen molar-refractivity contribution < 1.29 is 9.21 Å². The lowest BCUT2D eigenvalue weighted by Gasteiger charge is -2.49. The number of nitrogens with two attached hydrogens (primary N) is 1. The molecular weight excluding hydrogens is 330 g/mol. The lowest BCUT2D eigenvalue weighted by Crippen LogP contribution is -2.57. The topological polar surface area (TPSA) is 88.5 Å². The highest BCUT2D eigenvalue weighted by Gasteiger charge is 2.40. The third kappa shape index (κ3) is 2.96. The number of hydrogen-bond donors (Lipinski definition) is 1. The number of carbonyl (C=O) groups is 1. The predicted octanol–water partition coefficient (Wildman–Crippen LogP) is 2.95. The molecule has 2 aromatic rings. The Bertz CT molecular complexity index is 791. The maximum atomic E-state index is 12.5. The molecule has 0 radical (unpaired) electrons. The number of amides is 2. The molecule has 2 N–H and O–H groups in total. The molecule has 2 atom stereocenters. The van der Waals surface area contributed by atoms with Crippen molar-refractivity contribution in [2.45, 2.75) is 57.2 Å². The number of aromatic nitrogens is 2. The van der Waals surface area contributed by atoms with Gasteiger partial charge < -0.3 is 15.1 Å². The number of carbonyl (C=O) groups excluding carboxylic acids is 1. The number of para-hydroxylation sites is 1. The second kappa shape index (κ2) is 6.72. The van der Waals surface area contributed by atoms with E-state index in [2.05, 4.69) is 22.1 Å². The van der Waals surface area contributed by atoms with Crippen LogP contribution in [0.25, 0.3) is 11.5 Å². The first-order valence-corrected chi connectivity index (χ1v) is 9.24. The molecule has 1 aromatic carbocycles. The standard InChI is InChI=1S/C19H25N5O2/c1-12-21-22-18(26-12)16-8-3-4-9-17(16)24(19(20)25)15-10-13-6-5-7-14(11-15)23(13)2/h3-4,8-9,13-15H,5-7,10-11H2,1-2H3,(H2,20,25). The number of anilines is 1. The second-order valence-corrected chi connectivity index (χ2v) is 7.38. The number of rotatable bonds is 3. The zero-order chi connectivity index (χ0) is 18.3. The highest BCUT2D eigenvalue weighted by atomic mass is 16.4. The van der Waals surface area contributed by atoms with Crippen molar-refractivity contribution in [2.24, 2.45) is 5.73 Å². The summed E-state index contributed by atoms with van der Waals surface area (Å²) in [6, 6.07) is 8.29. The van der Waals surface area contributed by atoms with Crippen molar-refractivity contribution in [3.8, 4) is 11.5 Å². The molecule has 2 bridgehead atoms. The molecule has 2 aliphatic rings. The fourth-order valence-electron chi connectivity index (χ4n) is 4.56. The largest absolute Gasteiger partial charge is 0.421 e. The quantitative estimate of drug-likeness (QED) is 0.914. The van der Waals surface area contributed by atoms with Crippen molar-refractivity contribution in [1.82, 2.24) is 15.1 Å². The van der Waals surface area contributed by atoms with E-state index in [1.807, 2.05) is 24.3 Å². The number of nitrogens with zero attached hydrogens (tertiary/aromatic N) is 4. The van der Waals surface area contributed by atoms with Crippen LogP contribution in [0.1, 0.15) is 38.0 Å². The number of fused-ring (bicyclic) bond motifs is 2. The zero-order valence-corrected chi connectivity index (χ0v) is 15.3. The Morgan fingerprint density at radius 2 is 1.92 bits per heavy atom. The van der Waals surface area contributed by atoms with Crippen molar-refractivity contribution in [2.75, 3.05) is 11.9 Å². The van der Waals surface area contributed by atoms with Gasteiger partial charge in [0.25, 0.3) is 0 Å². The average molecular weight is 355 g/mol. The van der Waals surface area contributed by atoms with Crippen LogP contribution in [-0.4, -0.2) is 46.3 Å². The molecule has 26 heavy (non-hydrogen) atoms. The van der Waals surface area contributed by atoms with Gasteiger partial charge >= 0.3 is 6.03 Å². The molecule has 0 aliphatic carbocycles. The minimum absolute atomic E-state index is 0.0872. The zero-order valence-electron chi connectivity index (χ0n) is 15.3. The summed E-state index contributed by atoms with van der Waals surface area (Å²) in [4.78, 5) is 16.7. The van der Waals surface area contributed by atoms with Crippen molar-refractivity contribution >= 4 is 11.7 Å².